The van der Waals surface area contributed by atoms with Gasteiger partial charge in [0.05, 0.1) is 16.9 Å². The first kappa shape index (κ1) is 11.6. The number of aromatic nitrogens is 1. The molecule has 2 aromatic rings. The summed E-state index contributed by atoms with van der Waals surface area (Å²) in [6, 6.07) is 8.21. The standard InChI is InChI=1S/C13H13N3S/c1-9-6-13(12(7-14)10(2)16-9)15-8-11-4-3-5-17-11/h3-6H,8H2,1-2H3,(H,15,16). The molecule has 0 saturated heterocycles. The summed E-state index contributed by atoms with van der Waals surface area (Å²) in [5, 5.41) is 14.5. The summed E-state index contributed by atoms with van der Waals surface area (Å²) < 4.78 is 0. The van der Waals surface area contributed by atoms with Crippen molar-refractivity contribution in [3.05, 3.63) is 45.4 Å². The van der Waals surface area contributed by atoms with Gasteiger partial charge >= 0.3 is 0 Å². The molecule has 0 aliphatic rings. The Morgan fingerprint density at radius 2 is 2.29 bits per heavy atom. The van der Waals surface area contributed by atoms with Crippen molar-refractivity contribution >= 4 is 17.0 Å². The van der Waals surface area contributed by atoms with Gasteiger partial charge in [0, 0.05) is 17.1 Å². The highest BCUT2D eigenvalue weighted by atomic mass is 32.1. The molecule has 1 N–H and O–H groups in total. The third-order valence-corrected chi connectivity index (χ3v) is 3.35. The predicted octanol–water partition coefficient (Wildman–Crippen LogP) is 3.24. The van der Waals surface area contributed by atoms with Crippen molar-refractivity contribution in [2.45, 2.75) is 20.4 Å². The smallest absolute Gasteiger partial charge is 0.103 e. The van der Waals surface area contributed by atoms with Crippen molar-refractivity contribution in [3.63, 3.8) is 0 Å². The van der Waals surface area contributed by atoms with Crippen molar-refractivity contribution in [1.82, 2.24) is 4.98 Å². The van der Waals surface area contributed by atoms with Crippen LogP contribution in [0.5, 0.6) is 0 Å². The van der Waals surface area contributed by atoms with E-state index < -0.39 is 0 Å². The fourth-order valence-corrected chi connectivity index (χ4v) is 2.35. The zero-order valence-electron chi connectivity index (χ0n) is 9.82. The molecule has 0 aromatic carbocycles. The van der Waals surface area contributed by atoms with Crippen LogP contribution >= 0.6 is 11.3 Å². The maximum Gasteiger partial charge on any atom is 0.103 e. The number of aryl methyl sites for hydroxylation is 2. The molecule has 0 radical (unpaired) electrons. The lowest BCUT2D eigenvalue weighted by Gasteiger charge is -2.09. The maximum absolute atomic E-state index is 9.12. The van der Waals surface area contributed by atoms with E-state index >= 15 is 0 Å². The third kappa shape index (κ3) is 2.63. The molecule has 86 valence electrons. The molecule has 0 unspecified atom stereocenters. The number of rotatable bonds is 3. The summed E-state index contributed by atoms with van der Waals surface area (Å²) in [6.45, 7) is 4.54. The number of nitriles is 1. The molecular formula is C13H13N3S. The Hall–Kier alpha value is -1.86. The largest absolute Gasteiger partial charge is 0.379 e. The minimum absolute atomic E-state index is 0.632. The van der Waals surface area contributed by atoms with Gasteiger partial charge in [0.25, 0.3) is 0 Å². The molecule has 0 atom stereocenters. The van der Waals surface area contributed by atoms with Gasteiger partial charge in [-0.15, -0.1) is 11.3 Å². The van der Waals surface area contributed by atoms with E-state index in [2.05, 4.69) is 22.4 Å². The minimum atomic E-state index is 0.632. The summed E-state index contributed by atoms with van der Waals surface area (Å²) in [5.74, 6) is 0. The summed E-state index contributed by atoms with van der Waals surface area (Å²) in [6.07, 6.45) is 0. The number of nitrogens with zero attached hydrogens (tertiary/aromatic N) is 2. The van der Waals surface area contributed by atoms with Crippen LogP contribution in [0.1, 0.15) is 21.8 Å². The minimum Gasteiger partial charge on any atom is -0.379 e. The van der Waals surface area contributed by atoms with Gasteiger partial charge in [0.1, 0.15) is 6.07 Å². The SMILES string of the molecule is Cc1cc(NCc2cccs2)c(C#N)c(C)n1. The highest BCUT2D eigenvalue weighted by Gasteiger charge is 2.07. The maximum atomic E-state index is 9.12. The van der Waals surface area contributed by atoms with Crippen molar-refractivity contribution in [2.24, 2.45) is 0 Å². The van der Waals surface area contributed by atoms with E-state index in [-0.39, 0.29) is 0 Å². The first-order valence-electron chi connectivity index (χ1n) is 5.35. The van der Waals surface area contributed by atoms with Crippen molar-refractivity contribution in [1.29, 1.82) is 5.26 Å². The highest BCUT2D eigenvalue weighted by molar-refractivity contribution is 7.09. The number of hydrogen-bond acceptors (Lipinski definition) is 4. The molecule has 4 heteroatoms. The summed E-state index contributed by atoms with van der Waals surface area (Å²) >= 11 is 1.70. The van der Waals surface area contributed by atoms with E-state index in [1.54, 1.807) is 11.3 Å². The average molecular weight is 243 g/mol. The Morgan fingerprint density at radius 1 is 1.47 bits per heavy atom. The Balaban J connectivity index is 2.23. The highest BCUT2D eigenvalue weighted by Crippen LogP contribution is 2.20. The molecule has 17 heavy (non-hydrogen) atoms. The fraction of sp³-hybridized carbons (Fsp3) is 0.231. The van der Waals surface area contributed by atoms with E-state index in [0.29, 0.717) is 5.56 Å². The first-order valence-corrected chi connectivity index (χ1v) is 6.23. The number of hydrogen-bond donors (Lipinski definition) is 1. The van der Waals surface area contributed by atoms with E-state index in [0.717, 1.165) is 23.6 Å². The molecule has 0 saturated carbocycles. The van der Waals surface area contributed by atoms with Gasteiger partial charge in [0.2, 0.25) is 0 Å². The Bertz CT molecular complexity index is 553. The molecule has 3 nitrogen and oxygen atoms in total. The van der Waals surface area contributed by atoms with Crippen molar-refractivity contribution in [3.8, 4) is 6.07 Å². The van der Waals surface area contributed by atoms with Crippen molar-refractivity contribution < 1.29 is 0 Å². The van der Waals surface area contributed by atoms with Gasteiger partial charge in [-0.1, -0.05) is 6.07 Å². The molecule has 0 amide bonds. The van der Waals surface area contributed by atoms with Crippen LogP contribution in [0.3, 0.4) is 0 Å². The van der Waals surface area contributed by atoms with Crippen molar-refractivity contribution in [2.75, 3.05) is 5.32 Å². The second kappa shape index (κ2) is 4.98. The Kier molecular flexibility index (Phi) is 3.40. The van der Waals surface area contributed by atoms with Crippen LogP contribution in [0.2, 0.25) is 0 Å². The van der Waals surface area contributed by atoms with Crippen LogP contribution in [0.4, 0.5) is 5.69 Å². The summed E-state index contributed by atoms with van der Waals surface area (Å²) in [7, 11) is 0. The summed E-state index contributed by atoms with van der Waals surface area (Å²) in [5.41, 5.74) is 3.20. The topological polar surface area (TPSA) is 48.7 Å². The van der Waals surface area contributed by atoms with E-state index in [9.17, 15) is 0 Å². The van der Waals surface area contributed by atoms with Crippen LogP contribution in [0.25, 0.3) is 0 Å². The second-order valence-electron chi connectivity index (χ2n) is 3.82. The van der Waals surface area contributed by atoms with Crippen LogP contribution in [-0.2, 0) is 6.54 Å². The number of anilines is 1. The van der Waals surface area contributed by atoms with Gasteiger partial charge in [0.15, 0.2) is 0 Å². The van der Waals surface area contributed by atoms with Gasteiger partial charge in [-0.3, -0.25) is 4.98 Å². The molecule has 0 aliphatic heterocycles. The first-order chi connectivity index (χ1) is 8.20. The van der Waals surface area contributed by atoms with Gasteiger partial charge < -0.3 is 5.32 Å². The van der Waals surface area contributed by atoms with Crippen LogP contribution in [-0.4, -0.2) is 4.98 Å². The lowest BCUT2D eigenvalue weighted by Crippen LogP contribution is -2.03. The lowest BCUT2D eigenvalue weighted by atomic mass is 10.1. The number of pyridine rings is 1. The molecule has 2 rings (SSSR count). The van der Waals surface area contributed by atoms with Gasteiger partial charge in [-0.05, 0) is 31.4 Å². The average Bonchev–Trinajstić information content (AvgIpc) is 2.78. The fourth-order valence-electron chi connectivity index (χ4n) is 1.70. The number of nitrogens with one attached hydrogen (secondary N) is 1. The molecule has 2 heterocycles. The zero-order chi connectivity index (χ0) is 12.3. The second-order valence-corrected chi connectivity index (χ2v) is 4.85. The Labute approximate surface area is 105 Å². The zero-order valence-corrected chi connectivity index (χ0v) is 10.6. The molecule has 0 aliphatic carbocycles. The lowest BCUT2D eigenvalue weighted by molar-refractivity contribution is 1.09. The molecular weight excluding hydrogens is 230 g/mol. The normalized spacial score (nSPS) is 9.94. The predicted molar refractivity (Wildman–Crippen MR) is 70.1 cm³/mol. The van der Waals surface area contributed by atoms with E-state index in [1.165, 1.54) is 4.88 Å². The Morgan fingerprint density at radius 3 is 2.94 bits per heavy atom. The van der Waals surface area contributed by atoms with Gasteiger partial charge in [-0.25, -0.2) is 0 Å². The quantitative estimate of drug-likeness (QED) is 0.900. The van der Waals surface area contributed by atoms with E-state index in [1.807, 2.05) is 31.4 Å². The molecule has 0 spiro atoms. The molecule has 0 bridgehead atoms. The van der Waals surface area contributed by atoms with Gasteiger partial charge in [-0.2, -0.15) is 5.26 Å². The number of thiophene rings is 1. The van der Waals surface area contributed by atoms with Crippen LogP contribution in [0.15, 0.2) is 23.6 Å². The van der Waals surface area contributed by atoms with Crippen LogP contribution in [0, 0.1) is 25.2 Å². The third-order valence-electron chi connectivity index (χ3n) is 2.47. The van der Waals surface area contributed by atoms with Crippen LogP contribution < -0.4 is 5.32 Å². The van der Waals surface area contributed by atoms with E-state index in [4.69, 9.17) is 5.26 Å². The molecule has 0 fully saturated rings. The monoisotopic (exact) mass is 243 g/mol. The molecule has 2 aromatic heterocycles. The summed E-state index contributed by atoms with van der Waals surface area (Å²) in [4.78, 5) is 5.54.